The first-order valence-electron chi connectivity index (χ1n) is 5.12. The number of anilines is 1. The molecule has 0 radical (unpaired) electrons. The lowest BCUT2D eigenvalue weighted by atomic mass is 10.2. The normalized spacial score (nSPS) is 10.3. The maximum Gasteiger partial charge on any atom is 0.241 e. The summed E-state index contributed by atoms with van der Waals surface area (Å²) in [6, 6.07) is 8.04. The van der Waals surface area contributed by atoms with Gasteiger partial charge in [-0.3, -0.25) is 10.1 Å². The molecule has 2 rings (SSSR count). The molecular weight excluding hydrogens is 290 g/mol. The van der Waals surface area contributed by atoms with Crippen molar-refractivity contribution in [1.82, 2.24) is 10.2 Å². The molecule has 7 heteroatoms. The molecule has 18 heavy (non-hydrogen) atoms. The first-order valence-corrected chi connectivity index (χ1v) is 7.28. The molecule has 0 aliphatic carbocycles. The second-order valence-electron chi connectivity index (χ2n) is 3.42. The van der Waals surface area contributed by atoms with Gasteiger partial charge in [-0.25, -0.2) is 0 Å². The lowest BCUT2D eigenvalue weighted by Gasteiger charge is -2.00. The Labute approximate surface area is 118 Å². The van der Waals surface area contributed by atoms with Crippen LogP contribution in [-0.2, 0) is 4.79 Å². The Balaban J connectivity index is 2.07. The monoisotopic (exact) mass is 299 g/mol. The van der Waals surface area contributed by atoms with E-state index in [9.17, 15) is 4.79 Å². The van der Waals surface area contributed by atoms with Crippen molar-refractivity contribution in [2.75, 3.05) is 11.2 Å². The molecule has 94 valence electrons. The number of nitrogens with zero attached hydrogens (tertiary/aromatic N) is 2. The SMILES string of the molecule is Cc1ccccc1Sc1nnc(NC(=O)CCl)s1. The van der Waals surface area contributed by atoms with E-state index < -0.39 is 0 Å². The summed E-state index contributed by atoms with van der Waals surface area (Å²) in [5, 5.41) is 10.9. The van der Waals surface area contributed by atoms with E-state index in [1.165, 1.54) is 28.7 Å². The minimum absolute atomic E-state index is 0.0835. The van der Waals surface area contributed by atoms with Crippen molar-refractivity contribution in [1.29, 1.82) is 0 Å². The van der Waals surface area contributed by atoms with E-state index >= 15 is 0 Å². The summed E-state index contributed by atoms with van der Waals surface area (Å²) < 4.78 is 0.786. The van der Waals surface area contributed by atoms with E-state index in [0.717, 1.165) is 9.24 Å². The van der Waals surface area contributed by atoms with Gasteiger partial charge in [0.2, 0.25) is 11.0 Å². The zero-order valence-corrected chi connectivity index (χ0v) is 11.9. The van der Waals surface area contributed by atoms with Crippen LogP contribution in [0.4, 0.5) is 5.13 Å². The molecule has 0 saturated heterocycles. The average molecular weight is 300 g/mol. The number of benzene rings is 1. The maximum atomic E-state index is 11.1. The highest BCUT2D eigenvalue weighted by Gasteiger charge is 2.09. The molecule has 0 unspecified atom stereocenters. The smallest absolute Gasteiger partial charge is 0.241 e. The van der Waals surface area contributed by atoms with Crippen LogP contribution in [0.25, 0.3) is 0 Å². The van der Waals surface area contributed by atoms with Crippen LogP contribution in [0.1, 0.15) is 5.56 Å². The number of amides is 1. The van der Waals surface area contributed by atoms with Crippen LogP contribution in [0.15, 0.2) is 33.5 Å². The average Bonchev–Trinajstić information content (AvgIpc) is 2.79. The molecule has 1 aromatic carbocycles. The molecule has 0 aliphatic rings. The molecule has 0 fully saturated rings. The zero-order valence-electron chi connectivity index (χ0n) is 9.51. The number of hydrogen-bond donors (Lipinski definition) is 1. The van der Waals surface area contributed by atoms with Crippen LogP contribution >= 0.6 is 34.7 Å². The van der Waals surface area contributed by atoms with E-state index in [-0.39, 0.29) is 11.8 Å². The Morgan fingerprint density at radius 1 is 1.44 bits per heavy atom. The van der Waals surface area contributed by atoms with E-state index in [1.54, 1.807) is 0 Å². The number of halogens is 1. The van der Waals surface area contributed by atoms with Crippen LogP contribution in [0, 0.1) is 6.92 Å². The number of hydrogen-bond acceptors (Lipinski definition) is 5. The second kappa shape index (κ2) is 6.17. The molecular formula is C11H10ClN3OS2. The van der Waals surface area contributed by atoms with Crippen molar-refractivity contribution < 1.29 is 4.79 Å². The molecule has 0 saturated carbocycles. The predicted molar refractivity (Wildman–Crippen MR) is 74.6 cm³/mol. The van der Waals surface area contributed by atoms with Crippen molar-refractivity contribution in [3.05, 3.63) is 29.8 Å². The molecule has 0 aliphatic heterocycles. The van der Waals surface area contributed by atoms with Gasteiger partial charge in [-0.15, -0.1) is 21.8 Å². The highest BCUT2D eigenvalue weighted by Crippen LogP contribution is 2.33. The van der Waals surface area contributed by atoms with E-state index in [0.29, 0.717) is 5.13 Å². The largest absolute Gasteiger partial charge is 0.299 e. The Morgan fingerprint density at radius 3 is 2.94 bits per heavy atom. The minimum atomic E-state index is -0.278. The van der Waals surface area contributed by atoms with Gasteiger partial charge in [-0.2, -0.15) is 0 Å². The van der Waals surface area contributed by atoms with E-state index in [1.807, 2.05) is 31.2 Å². The van der Waals surface area contributed by atoms with Crippen molar-refractivity contribution in [2.24, 2.45) is 0 Å². The number of aromatic nitrogens is 2. The zero-order chi connectivity index (χ0) is 13.0. The molecule has 1 aromatic heterocycles. The molecule has 4 nitrogen and oxygen atoms in total. The van der Waals surface area contributed by atoms with Crippen LogP contribution in [0.3, 0.4) is 0 Å². The summed E-state index contributed by atoms with van der Waals surface area (Å²) in [6.07, 6.45) is 0. The fraction of sp³-hybridized carbons (Fsp3) is 0.182. The quantitative estimate of drug-likeness (QED) is 0.696. The van der Waals surface area contributed by atoms with Crippen molar-refractivity contribution in [3.63, 3.8) is 0 Å². The molecule has 1 amide bonds. The van der Waals surface area contributed by atoms with Crippen LogP contribution < -0.4 is 5.32 Å². The van der Waals surface area contributed by atoms with Gasteiger partial charge in [0.25, 0.3) is 0 Å². The third-order valence-corrected chi connectivity index (χ3v) is 4.38. The highest BCUT2D eigenvalue weighted by atomic mass is 35.5. The summed E-state index contributed by atoms with van der Waals surface area (Å²) >= 11 is 8.26. The number of carbonyl (C=O) groups is 1. The third kappa shape index (κ3) is 3.44. The summed E-state index contributed by atoms with van der Waals surface area (Å²) in [6.45, 7) is 2.04. The molecule has 0 bridgehead atoms. The van der Waals surface area contributed by atoms with Gasteiger partial charge in [0, 0.05) is 4.90 Å². The topological polar surface area (TPSA) is 54.9 Å². The van der Waals surface area contributed by atoms with Crippen LogP contribution in [0.5, 0.6) is 0 Å². The number of aryl methyl sites for hydroxylation is 1. The number of rotatable bonds is 4. The van der Waals surface area contributed by atoms with Crippen LogP contribution in [-0.4, -0.2) is 22.0 Å². The van der Waals surface area contributed by atoms with Gasteiger partial charge in [-0.05, 0) is 18.6 Å². The Morgan fingerprint density at radius 2 is 2.22 bits per heavy atom. The van der Waals surface area contributed by atoms with E-state index in [2.05, 4.69) is 15.5 Å². The number of alkyl halides is 1. The van der Waals surface area contributed by atoms with Gasteiger partial charge in [0.05, 0.1) is 0 Å². The summed E-state index contributed by atoms with van der Waals surface area (Å²) in [5.41, 5.74) is 1.18. The second-order valence-corrected chi connectivity index (χ2v) is 5.96. The molecule has 1 N–H and O–H groups in total. The lowest BCUT2D eigenvalue weighted by molar-refractivity contribution is -0.113. The highest BCUT2D eigenvalue weighted by molar-refractivity contribution is 8.01. The number of nitrogens with one attached hydrogen (secondary N) is 1. The Bertz CT molecular complexity index is 559. The first kappa shape index (κ1) is 13.3. The fourth-order valence-electron chi connectivity index (χ4n) is 1.22. The molecule has 2 aromatic rings. The number of carbonyl (C=O) groups excluding carboxylic acids is 1. The fourth-order valence-corrected chi connectivity index (χ4v) is 3.10. The standard InChI is InChI=1S/C11H10ClN3OS2/c1-7-4-2-3-5-8(7)17-11-15-14-10(18-11)13-9(16)6-12/h2-5H,6H2,1H3,(H,13,14,16). The van der Waals surface area contributed by atoms with Gasteiger partial charge >= 0.3 is 0 Å². The van der Waals surface area contributed by atoms with Gasteiger partial charge < -0.3 is 0 Å². The molecule has 1 heterocycles. The summed E-state index contributed by atoms with van der Waals surface area (Å²) in [5.74, 6) is -0.361. The summed E-state index contributed by atoms with van der Waals surface area (Å²) in [7, 11) is 0. The summed E-state index contributed by atoms with van der Waals surface area (Å²) in [4.78, 5) is 12.2. The molecule has 0 spiro atoms. The Hall–Kier alpha value is -1.11. The van der Waals surface area contributed by atoms with Crippen LogP contribution in [0.2, 0.25) is 0 Å². The predicted octanol–water partition coefficient (Wildman–Crippen LogP) is 3.18. The Kier molecular flexibility index (Phi) is 4.57. The van der Waals surface area contributed by atoms with Crippen molar-refractivity contribution in [2.45, 2.75) is 16.2 Å². The van der Waals surface area contributed by atoms with Gasteiger partial charge in [0.15, 0.2) is 4.34 Å². The first-order chi connectivity index (χ1) is 8.69. The lowest BCUT2D eigenvalue weighted by Crippen LogP contribution is -2.12. The van der Waals surface area contributed by atoms with Gasteiger partial charge in [0.1, 0.15) is 5.88 Å². The molecule has 0 atom stereocenters. The van der Waals surface area contributed by atoms with E-state index in [4.69, 9.17) is 11.6 Å². The maximum absolute atomic E-state index is 11.1. The van der Waals surface area contributed by atoms with Crippen molar-refractivity contribution in [3.8, 4) is 0 Å². The minimum Gasteiger partial charge on any atom is -0.299 e. The third-order valence-electron chi connectivity index (χ3n) is 2.07. The van der Waals surface area contributed by atoms with Gasteiger partial charge in [-0.1, -0.05) is 41.3 Å². The van der Waals surface area contributed by atoms with Crippen molar-refractivity contribution >= 4 is 45.7 Å².